The average Bonchev–Trinajstić information content (AvgIpc) is 2.43. The molecule has 3 nitrogen and oxygen atoms in total. The van der Waals surface area contributed by atoms with Gasteiger partial charge in [0.1, 0.15) is 5.54 Å². The van der Waals surface area contributed by atoms with Gasteiger partial charge in [-0.25, -0.2) is 0 Å². The molecule has 0 aliphatic carbocycles. The largest absolute Gasteiger partial charge is 0.395 e. The maximum absolute atomic E-state index is 9.68. The van der Waals surface area contributed by atoms with Crippen LogP contribution < -0.4 is 5.32 Å². The van der Waals surface area contributed by atoms with Crippen LogP contribution in [-0.4, -0.2) is 28.8 Å². The smallest absolute Gasteiger partial charge is 0.141 e. The van der Waals surface area contributed by atoms with Crippen LogP contribution in [0.3, 0.4) is 0 Å². The lowest BCUT2D eigenvalue weighted by atomic mass is 9.92. The molecule has 2 N–H and O–H groups in total. The van der Waals surface area contributed by atoms with Gasteiger partial charge < -0.3 is 5.11 Å². The van der Waals surface area contributed by atoms with Crippen molar-refractivity contribution in [2.75, 3.05) is 12.4 Å². The lowest BCUT2D eigenvalue weighted by molar-refractivity contribution is 0.299. The van der Waals surface area contributed by atoms with Crippen molar-refractivity contribution in [2.24, 2.45) is 0 Å². The highest BCUT2D eigenvalue weighted by Gasteiger charge is 2.33. The third-order valence-corrected chi connectivity index (χ3v) is 4.15. The van der Waals surface area contributed by atoms with E-state index < -0.39 is 5.54 Å². The molecule has 0 bridgehead atoms. The van der Waals surface area contributed by atoms with E-state index >= 15 is 0 Å². The standard InChI is InChI=1S/C15H22N2OS/c1-12(2)17-15(10-16,11-19-13(3)9-18)14-7-5-4-6-8-14/h4-8,12-13,17-18H,9,11H2,1-3H3. The summed E-state index contributed by atoms with van der Waals surface area (Å²) in [7, 11) is 0. The summed E-state index contributed by atoms with van der Waals surface area (Å²) in [5.74, 6) is 0.618. The molecule has 1 aromatic carbocycles. The van der Waals surface area contributed by atoms with Gasteiger partial charge in [0, 0.05) is 17.0 Å². The van der Waals surface area contributed by atoms with Crippen LogP contribution in [0.1, 0.15) is 26.3 Å². The van der Waals surface area contributed by atoms with Gasteiger partial charge in [0.25, 0.3) is 0 Å². The first-order valence-corrected chi connectivity index (χ1v) is 7.56. The summed E-state index contributed by atoms with van der Waals surface area (Å²) in [5.41, 5.74) is 0.271. The normalized spacial score (nSPS) is 15.8. The number of aliphatic hydroxyl groups excluding tert-OH is 1. The fourth-order valence-corrected chi connectivity index (χ4v) is 2.83. The Morgan fingerprint density at radius 3 is 2.42 bits per heavy atom. The molecule has 19 heavy (non-hydrogen) atoms. The molecule has 0 saturated heterocycles. The first-order valence-electron chi connectivity index (χ1n) is 6.51. The van der Waals surface area contributed by atoms with Gasteiger partial charge in [-0.2, -0.15) is 17.0 Å². The summed E-state index contributed by atoms with van der Waals surface area (Å²) in [4.78, 5) is 0. The maximum atomic E-state index is 9.68. The zero-order chi connectivity index (χ0) is 14.3. The van der Waals surface area contributed by atoms with Gasteiger partial charge in [-0.05, 0) is 19.4 Å². The van der Waals surface area contributed by atoms with E-state index in [9.17, 15) is 5.26 Å². The van der Waals surface area contributed by atoms with Crippen molar-refractivity contribution in [3.8, 4) is 6.07 Å². The van der Waals surface area contributed by atoms with Crippen molar-refractivity contribution in [1.29, 1.82) is 5.26 Å². The molecule has 0 saturated carbocycles. The van der Waals surface area contributed by atoms with Crippen LogP contribution in [0.2, 0.25) is 0 Å². The molecule has 0 heterocycles. The van der Waals surface area contributed by atoms with Gasteiger partial charge in [0.2, 0.25) is 0 Å². The first-order chi connectivity index (χ1) is 9.04. The Balaban J connectivity index is 2.99. The van der Waals surface area contributed by atoms with Crippen LogP contribution >= 0.6 is 11.8 Å². The number of rotatable bonds is 7. The summed E-state index contributed by atoms with van der Waals surface area (Å²) in [6.45, 7) is 6.17. The number of thioether (sulfide) groups is 1. The number of nitriles is 1. The van der Waals surface area contributed by atoms with Crippen LogP contribution in [-0.2, 0) is 5.54 Å². The molecule has 0 fully saturated rings. The molecular formula is C15H22N2OS. The summed E-state index contributed by atoms with van der Waals surface area (Å²) >= 11 is 1.61. The Hall–Kier alpha value is -1.02. The van der Waals surface area contributed by atoms with E-state index in [1.54, 1.807) is 11.8 Å². The van der Waals surface area contributed by atoms with Crippen molar-refractivity contribution in [3.05, 3.63) is 35.9 Å². The van der Waals surface area contributed by atoms with Gasteiger partial charge >= 0.3 is 0 Å². The molecule has 1 rings (SSSR count). The molecule has 0 amide bonds. The minimum absolute atomic E-state index is 0.128. The Morgan fingerprint density at radius 2 is 1.95 bits per heavy atom. The van der Waals surface area contributed by atoms with Crippen molar-refractivity contribution in [1.82, 2.24) is 5.32 Å². The minimum atomic E-state index is -0.705. The minimum Gasteiger partial charge on any atom is -0.395 e. The zero-order valence-electron chi connectivity index (χ0n) is 11.8. The van der Waals surface area contributed by atoms with Crippen LogP contribution in [0.25, 0.3) is 0 Å². The fraction of sp³-hybridized carbons (Fsp3) is 0.533. The Morgan fingerprint density at radius 1 is 1.32 bits per heavy atom. The van der Waals surface area contributed by atoms with Crippen molar-refractivity contribution in [3.63, 3.8) is 0 Å². The maximum Gasteiger partial charge on any atom is 0.141 e. The number of benzene rings is 1. The summed E-state index contributed by atoms with van der Waals surface area (Å²) in [6, 6.07) is 12.4. The third-order valence-electron chi connectivity index (χ3n) is 2.83. The molecule has 4 heteroatoms. The van der Waals surface area contributed by atoms with Crippen molar-refractivity contribution < 1.29 is 5.11 Å². The molecule has 0 aliphatic rings. The second kappa shape index (κ2) is 7.54. The highest BCUT2D eigenvalue weighted by Crippen LogP contribution is 2.27. The number of hydrogen-bond acceptors (Lipinski definition) is 4. The second-order valence-electron chi connectivity index (χ2n) is 4.99. The molecule has 0 aromatic heterocycles. The Kier molecular flexibility index (Phi) is 6.36. The summed E-state index contributed by atoms with van der Waals surface area (Å²) in [6.07, 6.45) is 0. The highest BCUT2D eigenvalue weighted by molar-refractivity contribution is 7.99. The molecular weight excluding hydrogens is 256 g/mol. The van der Waals surface area contributed by atoms with Crippen LogP contribution in [0, 0.1) is 11.3 Å². The number of hydrogen-bond donors (Lipinski definition) is 2. The fourth-order valence-electron chi connectivity index (χ4n) is 1.87. The second-order valence-corrected chi connectivity index (χ2v) is 6.41. The molecule has 0 aliphatic heterocycles. The van der Waals surface area contributed by atoms with Crippen LogP contribution in [0.15, 0.2) is 30.3 Å². The Bertz CT molecular complexity index is 416. The quantitative estimate of drug-likeness (QED) is 0.804. The highest BCUT2D eigenvalue weighted by atomic mass is 32.2. The van der Waals surface area contributed by atoms with E-state index in [2.05, 4.69) is 11.4 Å². The van der Waals surface area contributed by atoms with Gasteiger partial charge in [0.15, 0.2) is 0 Å². The molecule has 0 radical (unpaired) electrons. The number of nitrogens with one attached hydrogen (secondary N) is 1. The number of nitrogens with zero attached hydrogens (tertiary/aromatic N) is 1. The van der Waals surface area contributed by atoms with Gasteiger partial charge in [-0.1, -0.05) is 37.3 Å². The molecule has 2 atom stereocenters. The molecule has 104 valence electrons. The van der Waals surface area contributed by atoms with Crippen LogP contribution in [0.4, 0.5) is 0 Å². The number of aliphatic hydroxyl groups is 1. The lowest BCUT2D eigenvalue weighted by Crippen LogP contribution is -2.47. The predicted octanol–water partition coefficient (Wildman–Crippen LogP) is 2.52. The average molecular weight is 278 g/mol. The topological polar surface area (TPSA) is 56.0 Å². The Labute approximate surface area is 120 Å². The third kappa shape index (κ3) is 4.54. The van der Waals surface area contributed by atoms with Crippen LogP contribution in [0.5, 0.6) is 0 Å². The van der Waals surface area contributed by atoms with E-state index in [1.807, 2.05) is 51.1 Å². The van der Waals surface area contributed by atoms with E-state index in [0.717, 1.165) is 5.56 Å². The lowest BCUT2D eigenvalue weighted by Gasteiger charge is -2.31. The predicted molar refractivity (Wildman–Crippen MR) is 81.0 cm³/mol. The molecule has 2 unspecified atom stereocenters. The van der Waals surface area contributed by atoms with Crippen molar-refractivity contribution in [2.45, 2.75) is 37.6 Å². The monoisotopic (exact) mass is 278 g/mol. The van der Waals surface area contributed by atoms with Crippen molar-refractivity contribution >= 4 is 11.8 Å². The van der Waals surface area contributed by atoms with Gasteiger partial charge in [-0.15, -0.1) is 0 Å². The van der Waals surface area contributed by atoms with Gasteiger partial charge in [-0.3, -0.25) is 5.32 Å². The molecule has 0 spiro atoms. The van der Waals surface area contributed by atoms with E-state index in [0.29, 0.717) is 5.75 Å². The first kappa shape index (κ1) is 16.0. The SMILES string of the molecule is CC(C)NC(C#N)(CSC(C)CO)c1ccccc1. The van der Waals surface area contributed by atoms with E-state index in [4.69, 9.17) is 5.11 Å². The molecule has 1 aromatic rings. The van der Waals surface area contributed by atoms with Gasteiger partial charge in [0.05, 0.1) is 12.7 Å². The summed E-state index contributed by atoms with van der Waals surface area (Å²) in [5, 5.41) is 22.3. The summed E-state index contributed by atoms with van der Waals surface area (Å²) < 4.78 is 0. The van der Waals surface area contributed by atoms with E-state index in [1.165, 1.54) is 0 Å². The van der Waals surface area contributed by atoms with E-state index in [-0.39, 0.29) is 17.9 Å². The zero-order valence-corrected chi connectivity index (χ0v) is 12.6.